The molecule has 3 unspecified atom stereocenters. The van der Waals surface area contributed by atoms with Crippen LogP contribution in [0.3, 0.4) is 0 Å². The first-order valence-corrected chi connectivity index (χ1v) is 7.89. The molecule has 0 aliphatic carbocycles. The van der Waals surface area contributed by atoms with Crippen molar-refractivity contribution in [1.82, 2.24) is 10.2 Å². The van der Waals surface area contributed by atoms with Crippen molar-refractivity contribution in [2.24, 2.45) is 5.92 Å². The molecular formula is C15H29F3N2. The molecule has 0 aromatic rings. The van der Waals surface area contributed by atoms with Crippen molar-refractivity contribution in [3.8, 4) is 0 Å². The van der Waals surface area contributed by atoms with Crippen molar-refractivity contribution in [3.05, 3.63) is 0 Å². The Morgan fingerprint density at radius 2 is 1.95 bits per heavy atom. The molecule has 1 rings (SSSR count). The highest BCUT2D eigenvalue weighted by Gasteiger charge is 2.32. The summed E-state index contributed by atoms with van der Waals surface area (Å²) < 4.78 is 37.1. The fraction of sp³-hybridized carbons (Fsp3) is 1.00. The third kappa shape index (κ3) is 6.44. The van der Waals surface area contributed by atoms with Crippen molar-refractivity contribution in [3.63, 3.8) is 0 Å². The van der Waals surface area contributed by atoms with Crippen molar-refractivity contribution in [2.45, 2.75) is 71.1 Å². The largest absolute Gasteiger partial charge is 0.401 e. The molecule has 0 aromatic heterocycles. The Labute approximate surface area is 121 Å². The minimum atomic E-state index is -4.11. The van der Waals surface area contributed by atoms with Gasteiger partial charge in [-0.2, -0.15) is 13.2 Å². The van der Waals surface area contributed by atoms with Crippen molar-refractivity contribution in [2.75, 3.05) is 19.6 Å². The van der Waals surface area contributed by atoms with Gasteiger partial charge in [0.15, 0.2) is 0 Å². The van der Waals surface area contributed by atoms with Gasteiger partial charge in [-0.1, -0.05) is 26.7 Å². The van der Waals surface area contributed by atoms with Gasteiger partial charge < -0.3 is 5.32 Å². The molecule has 1 N–H and O–H groups in total. The number of nitrogens with one attached hydrogen (secondary N) is 1. The zero-order valence-electron chi connectivity index (χ0n) is 13.0. The van der Waals surface area contributed by atoms with E-state index in [0.29, 0.717) is 12.0 Å². The Morgan fingerprint density at radius 1 is 1.25 bits per heavy atom. The number of likely N-dealkylation sites (tertiary alicyclic amines) is 1. The van der Waals surface area contributed by atoms with E-state index in [1.807, 2.05) is 0 Å². The van der Waals surface area contributed by atoms with Crippen LogP contribution in [0.1, 0.15) is 52.9 Å². The zero-order valence-corrected chi connectivity index (χ0v) is 13.0. The van der Waals surface area contributed by atoms with Crippen molar-refractivity contribution in [1.29, 1.82) is 0 Å². The lowest BCUT2D eigenvalue weighted by Crippen LogP contribution is -2.53. The first-order chi connectivity index (χ1) is 9.35. The van der Waals surface area contributed by atoms with Gasteiger partial charge in [0.1, 0.15) is 0 Å². The van der Waals surface area contributed by atoms with Crippen LogP contribution in [0.15, 0.2) is 0 Å². The van der Waals surface area contributed by atoms with Crippen LogP contribution in [0.2, 0.25) is 0 Å². The smallest absolute Gasteiger partial charge is 0.305 e. The topological polar surface area (TPSA) is 15.3 Å². The quantitative estimate of drug-likeness (QED) is 0.768. The summed E-state index contributed by atoms with van der Waals surface area (Å²) in [7, 11) is 0. The number of rotatable bonds is 7. The highest BCUT2D eigenvalue weighted by Crippen LogP contribution is 2.25. The van der Waals surface area contributed by atoms with E-state index in [-0.39, 0.29) is 6.04 Å². The predicted octanol–water partition coefficient (Wildman–Crippen LogP) is 3.82. The van der Waals surface area contributed by atoms with Crippen LogP contribution in [0.4, 0.5) is 13.2 Å². The summed E-state index contributed by atoms with van der Waals surface area (Å²) >= 11 is 0. The highest BCUT2D eigenvalue weighted by molar-refractivity contribution is 4.86. The van der Waals surface area contributed by atoms with Gasteiger partial charge in [0.05, 0.1) is 6.54 Å². The van der Waals surface area contributed by atoms with E-state index in [1.54, 1.807) is 0 Å². The monoisotopic (exact) mass is 294 g/mol. The molecule has 0 spiro atoms. The van der Waals surface area contributed by atoms with Crippen LogP contribution in [0, 0.1) is 5.92 Å². The van der Waals surface area contributed by atoms with E-state index in [1.165, 1.54) is 6.42 Å². The van der Waals surface area contributed by atoms with Gasteiger partial charge in [0, 0.05) is 25.2 Å². The second kappa shape index (κ2) is 8.23. The third-order valence-electron chi connectivity index (χ3n) is 4.34. The summed E-state index contributed by atoms with van der Waals surface area (Å²) in [5, 5.41) is 2.71. The fourth-order valence-corrected chi connectivity index (χ4v) is 2.97. The molecular weight excluding hydrogens is 265 g/mol. The normalized spacial score (nSPS) is 26.7. The number of alkyl halides is 3. The predicted molar refractivity (Wildman–Crippen MR) is 76.8 cm³/mol. The molecule has 120 valence electrons. The minimum absolute atomic E-state index is 0.0266. The zero-order chi connectivity index (χ0) is 15.2. The Hall–Kier alpha value is -0.290. The van der Waals surface area contributed by atoms with Crippen LogP contribution in [0.25, 0.3) is 0 Å². The highest BCUT2D eigenvalue weighted by atomic mass is 19.4. The standard InChI is InChI=1S/C15H29F3N2/c1-4-6-7-13-8-14(19-11-15(16,17)18)10-20(9-13)12(3)5-2/h12-14,19H,4-11H2,1-3H3. The first kappa shape index (κ1) is 17.8. The van der Waals surface area contributed by atoms with Gasteiger partial charge >= 0.3 is 6.18 Å². The molecule has 0 saturated carbocycles. The van der Waals surface area contributed by atoms with Crippen LogP contribution in [0.5, 0.6) is 0 Å². The van der Waals surface area contributed by atoms with E-state index >= 15 is 0 Å². The number of piperidine rings is 1. The van der Waals surface area contributed by atoms with Gasteiger partial charge in [0.25, 0.3) is 0 Å². The van der Waals surface area contributed by atoms with Crippen LogP contribution < -0.4 is 5.32 Å². The average molecular weight is 294 g/mol. The Bertz CT molecular complexity index is 268. The van der Waals surface area contributed by atoms with E-state index in [9.17, 15) is 13.2 Å². The molecule has 1 aliphatic heterocycles. The molecule has 0 aromatic carbocycles. The second-order valence-corrected chi connectivity index (χ2v) is 6.15. The number of halogens is 3. The Kier molecular flexibility index (Phi) is 7.30. The maximum absolute atomic E-state index is 12.4. The number of hydrogen-bond acceptors (Lipinski definition) is 2. The van der Waals surface area contributed by atoms with Crippen LogP contribution in [-0.2, 0) is 0 Å². The summed E-state index contributed by atoms with van der Waals surface area (Å²) in [4.78, 5) is 2.36. The molecule has 1 heterocycles. The lowest BCUT2D eigenvalue weighted by atomic mass is 9.89. The van der Waals surface area contributed by atoms with E-state index in [0.717, 1.165) is 38.8 Å². The van der Waals surface area contributed by atoms with E-state index in [4.69, 9.17) is 0 Å². The van der Waals surface area contributed by atoms with Gasteiger partial charge in [-0.15, -0.1) is 0 Å². The van der Waals surface area contributed by atoms with Gasteiger partial charge in [-0.05, 0) is 32.1 Å². The lowest BCUT2D eigenvalue weighted by Gasteiger charge is -2.41. The molecule has 1 aliphatic rings. The van der Waals surface area contributed by atoms with Crippen molar-refractivity contribution < 1.29 is 13.2 Å². The average Bonchev–Trinajstić information content (AvgIpc) is 2.41. The SMILES string of the molecule is CCCCC1CC(NCC(F)(F)F)CN(C(C)CC)C1. The van der Waals surface area contributed by atoms with Gasteiger partial charge in [-0.25, -0.2) is 0 Å². The molecule has 3 atom stereocenters. The van der Waals surface area contributed by atoms with Crippen LogP contribution in [-0.4, -0.2) is 42.8 Å². The first-order valence-electron chi connectivity index (χ1n) is 7.89. The number of unbranched alkanes of at least 4 members (excludes halogenated alkanes) is 1. The molecule has 20 heavy (non-hydrogen) atoms. The Morgan fingerprint density at radius 3 is 2.50 bits per heavy atom. The van der Waals surface area contributed by atoms with Gasteiger partial charge in [-0.3, -0.25) is 4.90 Å². The van der Waals surface area contributed by atoms with E-state index < -0.39 is 12.7 Å². The maximum atomic E-state index is 12.4. The summed E-state index contributed by atoms with van der Waals surface area (Å²) in [6, 6.07) is 0.427. The molecule has 1 saturated heterocycles. The minimum Gasteiger partial charge on any atom is -0.305 e. The Balaban J connectivity index is 2.54. The molecule has 2 nitrogen and oxygen atoms in total. The summed E-state index contributed by atoms with van der Waals surface area (Å²) in [6.07, 6.45) is 1.27. The fourth-order valence-electron chi connectivity index (χ4n) is 2.97. The molecule has 0 bridgehead atoms. The molecule has 1 fully saturated rings. The molecule has 0 amide bonds. The lowest BCUT2D eigenvalue weighted by molar-refractivity contribution is -0.127. The number of hydrogen-bond donors (Lipinski definition) is 1. The maximum Gasteiger partial charge on any atom is 0.401 e. The molecule has 0 radical (unpaired) electrons. The summed E-state index contributed by atoms with van der Waals surface area (Å²) in [5.74, 6) is 0.531. The van der Waals surface area contributed by atoms with E-state index in [2.05, 4.69) is 31.0 Å². The summed E-state index contributed by atoms with van der Waals surface area (Å²) in [5.41, 5.74) is 0. The third-order valence-corrected chi connectivity index (χ3v) is 4.34. The summed E-state index contributed by atoms with van der Waals surface area (Å²) in [6.45, 7) is 7.38. The number of nitrogens with zero attached hydrogens (tertiary/aromatic N) is 1. The molecule has 5 heteroatoms. The second-order valence-electron chi connectivity index (χ2n) is 6.15. The van der Waals surface area contributed by atoms with Gasteiger partial charge in [0.2, 0.25) is 0 Å². The van der Waals surface area contributed by atoms with Crippen LogP contribution >= 0.6 is 0 Å². The van der Waals surface area contributed by atoms with Crippen molar-refractivity contribution >= 4 is 0 Å².